The SMILES string of the molecule is CC(F)O[N]. The summed E-state index contributed by atoms with van der Waals surface area (Å²) < 4.78 is 11.0. The van der Waals surface area contributed by atoms with Crippen LogP contribution in [-0.4, -0.2) is 6.36 Å². The van der Waals surface area contributed by atoms with E-state index >= 15 is 0 Å². The molecule has 0 heterocycles. The molecular formula is C2H4FNO. The summed E-state index contributed by atoms with van der Waals surface area (Å²) in [6.45, 7) is 1.08. The Morgan fingerprint density at radius 3 is 2.20 bits per heavy atom. The van der Waals surface area contributed by atoms with E-state index in [1.54, 1.807) is 0 Å². The molecule has 0 bridgehead atoms. The minimum Gasteiger partial charge on any atom is -0.226 e. The topological polar surface area (TPSA) is 31.5 Å². The highest BCUT2D eigenvalue weighted by Gasteiger charge is 1.87. The van der Waals surface area contributed by atoms with Crippen LogP contribution in [0.2, 0.25) is 0 Å². The minimum atomic E-state index is -1.56. The normalized spacial score (nSPS) is 15.0. The van der Waals surface area contributed by atoms with Gasteiger partial charge in [0.2, 0.25) is 6.36 Å². The summed E-state index contributed by atoms with van der Waals surface area (Å²) in [5.41, 5.74) is 0. The summed E-state index contributed by atoms with van der Waals surface area (Å²) in [5.74, 6) is 7.27. The monoisotopic (exact) mass is 77.0 g/mol. The Kier molecular flexibility index (Phi) is 2.05. The van der Waals surface area contributed by atoms with E-state index in [1.807, 2.05) is 0 Å². The Labute approximate surface area is 29.7 Å². The van der Waals surface area contributed by atoms with E-state index in [0.717, 1.165) is 6.92 Å². The highest BCUT2D eigenvalue weighted by atomic mass is 19.1. The van der Waals surface area contributed by atoms with Crippen LogP contribution in [-0.2, 0) is 4.84 Å². The second-order valence-electron chi connectivity index (χ2n) is 0.648. The number of rotatable bonds is 1. The van der Waals surface area contributed by atoms with Crippen molar-refractivity contribution in [2.75, 3.05) is 0 Å². The molecule has 1 atom stereocenters. The van der Waals surface area contributed by atoms with Crippen LogP contribution < -0.4 is 5.90 Å². The largest absolute Gasteiger partial charge is 0.226 e. The van der Waals surface area contributed by atoms with Crippen molar-refractivity contribution >= 4 is 0 Å². The van der Waals surface area contributed by atoms with E-state index in [1.165, 1.54) is 0 Å². The van der Waals surface area contributed by atoms with Crippen LogP contribution in [0.4, 0.5) is 4.39 Å². The third-order valence-electron chi connectivity index (χ3n) is 0.145. The third-order valence-corrected chi connectivity index (χ3v) is 0.145. The second kappa shape index (κ2) is 2.11. The van der Waals surface area contributed by atoms with Crippen LogP contribution in [0.1, 0.15) is 6.92 Å². The van der Waals surface area contributed by atoms with Gasteiger partial charge in [0.1, 0.15) is 0 Å². The third kappa shape index (κ3) is 3.85. The molecule has 0 aliphatic rings. The van der Waals surface area contributed by atoms with Crippen LogP contribution in [0.15, 0.2) is 0 Å². The van der Waals surface area contributed by atoms with E-state index < -0.39 is 6.36 Å². The van der Waals surface area contributed by atoms with E-state index in [-0.39, 0.29) is 0 Å². The zero-order chi connectivity index (χ0) is 4.28. The van der Waals surface area contributed by atoms with Gasteiger partial charge in [-0.1, -0.05) is 0 Å². The van der Waals surface area contributed by atoms with Gasteiger partial charge in [-0.2, -0.15) is 0 Å². The lowest BCUT2D eigenvalue weighted by Crippen LogP contribution is -1.94. The molecule has 0 aromatic carbocycles. The average molecular weight is 77.1 g/mol. The number of halogens is 1. The maximum atomic E-state index is 11.0. The highest BCUT2D eigenvalue weighted by Crippen LogP contribution is 1.81. The lowest BCUT2D eigenvalue weighted by Gasteiger charge is -1.85. The van der Waals surface area contributed by atoms with Crippen LogP contribution in [0.5, 0.6) is 0 Å². The average Bonchev–Trinajstić information content (AvgIpc) is 1.38. The van der Waals surface area contributed by atoms with Crippen LogP contribution in [0.3, 0.4) is 0 Å². The summed E-state index contributed by atoms with van der Waals surface area (Å²) in [6, 6.07) is 0. The van der Waals surface area contributed by atoms with Crippen molar-refractivity contribution in [3.8, 4) is 0 Å². The van der Waals surface area contributed by atoms with Crippen molar-refractivity contribution in [2.24, 2.45) is 0 Å². The first kappa shape index (κ1) is 4.85. The predicted molar refractivity (Wildman–Crippen MR) is 13.8 cm³/mol. The molecule has 0 aromatic rings. The summed E-state index contributed by atoms with van der Waals surface area (Å²) in [5, 5.41) is 0. The molecule has 30 valence electrons. The summed E-state index contributed by atoms with van der Waals surface area (Å²) in [4.78, 5) is 3.08. The molecule has 0 fully saturated rings. The first-order valence-electron chi connectivity index (χ1n) is 1.21. The molecule has 0 aliphatic heterocycles. The van der Waals surface area contributed by atoms with Gasteiger partial charge in [0.15, 0.2) is 0 Å². The number of nitrogens with zero attached hydrogens (tertiary/aromatic N) is 1. The molecule has 5 heavy (non-hydrogen) atoms. The van der Waals surface area contributed by atoms with Crippen molar-refractivity contribution in [1.29, 1.82) is 0 Å². The Bertz CT molecular complexity index is 23.6. The Hall–Kier alpha value is -0.150. The van der Waals surface area contributed by atoms with Gasteiger partial charge in [-0.25, -0.2) is 9.23 Å². The van der Waals surface area contributed by atoms with Crippen molar-refractivity contribution in [3.05, 3.63) is 0 Å². The van der Waals surface area contributed by atoms with Gasteiger partial charge in [-0.3, -0.25) is 0 Å². The molecule has 1 unspecified atom stereocenters. The second-order valence-corrected chi connectivity index (χ2v) is 0.648. The zero-order valence-corrected chi connectivity index (χ0v) is 2.81. The summed E-state index contributed by atoms with van der Waals surface area (Å²) in [7, 11) is 0. The van der Waals surface area contributed by atoms with Gasteiger partial charge >= 0.3 is 0 Å². The molecule has 2 nitrogen and oxygen atoms in total. The number of alkyl halides is 1. The van der Waals surface area contributed by atoms with Gasteiger partial charge in [0.25, 0.3) is 0 Å². The van der Waals surface area contributed by atoms with Crippen molar-refractivity contribution in [1.82, 2.24) is 5.90 Å². The fourth-order valence-corrected chi connectivity index (χ4v) is 0. The van der Waals surface area contributed by atoms with Gasteiger partial charge in [0, 0.05) is 5.90 Å². The minimum absolute atomic E-state index is 1.08. The molecule has 0 N–H and O–H groups in total. The number of hydrogen-bond acceptors (Lipinski definition) is 1. The van der Waals surface area contributed by atoms with Crippen molar-refractivity contribution in [3.63, 3.8) is 0 Å². The van der Waals surface area contributed by atoms with Gasteiger partial charge in [-0.15, -0.1) is 0 Å². The molecule has 2 radical (unpaired) electrons. The molecule has 0 aromatic heterocycles. The fraction of sp³-hybridized carbons (Fsp3) is 1.00. The number of hydrogen-bond donors (Lipinski definition) is 0. The molecule has 0 spiro atoms. The fourth-order valence-electron chi connectivity index (χ4n) is 0. The molecular weight excluding hydrogens is 73.0 g/mol. The Morgan fingerprint density at radius 1 is 2.00 bits per heavy atom. The molecule has 0 saturated carbocycles. The Balaban J connectivity index is 2.54. The molecule has 0 aliphatic carbocycles. The molecule has 0 saturated heterocycles. The quantitative estimate of drug-likeness (QED) is 0.414. The van der Waals surface area contributed by atoms with Crippen LogP contribution in [0.25, 0.3) is 0 Å². The van der Waals surface area contributed by atoms with E-state index in [9.17, 15) is 4.39 Å². The maximum Gasteiger partial charge on any atom is 0.218 e. The predicted octanol–water partition coefficient (Wildman–Crippen LogP) is 0.302. The maximum absolute atomic E-state index is 11.0. The summed E-state index contributed by atoms with van der Waals surface area (Å²) in [6.07, 6.45) is -1.56. The lowest BCUT2D eigenvalue weighted by molar-refractivity contribution is -0.0385. The van der Waals surface area contributed by atoms with Crippen molar-refractivity contribution < 1.29 is 9.23 Å². The van der Waals surface area contributed by atoms with Crippen LogP contribution in [0, 0.1) is 0 Å². The zero-order valence-electron chi connectivity index (χ0n) is 2.81. The Morgan fingerprint density at radius 2 is 2.20 bits per heavy atom. The lowest BCUT2D eigenvalue weighted by atomic mass is 10.8. The van der Waals surface area contributed by atoms with Crippen LogP contribution >= 0.6 is 0 Å². The summed E-state index contributed by atoms with van der Waals surface area (Å²) >= 11 is 0. The molecule has 0 rings (SSSR count). The first-order chi connectivity index (χ1) is 2.27. The van der Waals surface area contributed by atoms with Crippen molar-refractivity contribution in [2.45, 2.75) is 13.3 Å². The first-order valence-corrected chi connectivity index (χ1v) is 1.21. The van der Waals surface area contributed by atoms with Gasteiger partial charge in [-0.05, 0) is 6.92 Å². The standard InChI is InChI=1S/C2H4FNO/c1-2(3)5-4/h2H,1H3. The highest BCUT2D eigenvalue weighted by molar-refractivity contribution is 4.10. The van der Waals surface area contributed by atoms with Gasteiger partial charge in [0.05, 0.1) is 0 Å². The molecule has 0 amide bonds. The smallest absolute Gasteiger partial charge is 0.218 e. The van der Waals surface area contributed by atoms with E-state index in [2.05, 4.69) is 4.84 Å². The van der Waals surface area contributed by atoms with E-state index in [4.69, 9.17) is 5.90 Å². The molecule has 3 heteroatoms. The van der Waals surface area contributed by atoms with Gasteiger partial charge < -0.3 is 0 Å². The van der Waals surface area contributed by atoms with E-state index in [0.29, 0.717) is 0 Å².